The van der Waals surface area contributed by atoms with Crippen LogP contribution in [0.25, 0.3) is 0 Å². The van der Waals surface area contributed by atoms with Gasteiger partial charge in [-0.15, -0.1) is 0 Å². The van der Waals surface area contributed by atoms with E-state index in [0.29, 0.717) is 16.4 Å². The molecule has 0 saturated carbocycles. The van der Waals surface area contributed by atoms with Crippen LogP contribution in [0.15, 0.2) is 48.5 Å². The van der Waals surface area contributed by atoms with Crippen LogP contribution in [0.3, 0.4) is 0 Å². The zero-order valence-electron chi connectivity index (χ0n) is 14.5. The van der Waals surface area contributed by atoms with E-state index in [1.54, 1.807) is 24.3 Å². The van der Waals surface area contributed by atoms with Crippen LogP contribution >= 0.6 is 11.6 Å². The summed E-state index contributed by atoms with van der Waals surface area (Å²) in [5, 5.41) is 16.1. The largest absolute Gasteiger partial charge is 0.456 e. The van der Waals surface area contributed by atoms with Crippen molar-refractivity contribution in [1.29, 1.82) is 0 Å². The minimum Gasteiger partial charge on any atom is -0.456 e. The van der Waals surface area contributed by atoms with Crippen LogP contribution in [-0.4, -0.2) is 29.3 Å². The van der Waals surface area contributed by atoms with Crippen LogP contribution in [0.2, 0.25) is 5.02 Å². The summed E-state index contributed by atoms with van der Waals surface area (Å²) in [6.07, 6.45) is -0.373. The molecule has 0 atom stereocenters. The highest BCUT2D eigenvalue weighted by Crippen LogP contribution is 2.16. The van der Waals surface area contributed by atoms with Crippen LogP contribution in [0.5, 0.6) is 0 Å². The maximum absolute atomic E-state index is 11.8. The van der Waals surface area contributed by atoms with Gasteiger partial charge in [-0.1, -0.05) is 11.6 Å². The maximum Gasteiger partial charge on any atom is 0.306 e. The zero-order chi connectivity index (χ0) is 20.5. The van der Waals surface area contributed by atoms with Crippen molar-refractivity contribution in [2.24, 2.45) is 0 Å². The number of rotatable bonds is 8. The average Bonchev–Trinajstić information content (AvgIpc) is 2.67. The number of hydrogen-bond donors (Lipinski definition) is 2. The Balaban J connectivity index is 1.68. The van der Waals surface area contributed by atoms with Gasteiger partial charge in [0.05, 0.1) is 11.3 Å². The number of esters is 1. The first-order valence-electron chi connectivity index (χ1n) is 8.09. The molecule has 9 nitrogen and oxygen atoms in total. The van der Waals surface area contributed by atoms with Crippen molar-refractivity contribution < 1.29 is 24.0 Å². The third-order valence-corrected chi connectivity index (χ3v) is 3.66. The van der Waals surface area contributed by atoms with E-state index < -0.39 is 29.3 Å². The van der Waals surface area contributed by atoms with E-state index in [0.717, 1.165) is 0 Å². The van der Waals surface area contributed by atoms with E-state index in [4.69, 9.17) is 16.3 Å². The maximum atomic E-state index is 11.8. The number of hydrogen-bond acceptors (Lipinski definition) is 6. The van der Waals surface area contributed by atoms with E-state index in [2.05, 4.69) is 10.6 Å². The molecule has 0 aliphatic heterocycles. The predicted octanol–water partition coefficient (Wildman–Crippen LogP) is 3.15. The highest BCUT2D eigenvalue weighted by atomic mass is 35.5. The molecule has 2 amide bonds. The van der Waals surface area contributed by atoms with E-state index in [9.17, 15) is 24.5 Å². The smallest absolute Gasteiger partial charge is 0.306 e. The number of nitrogens with zero attached hydrogens (tertiary/aromatic N) is 1. The number of benzene rings is 2. The van der Waals surface area contributed by atoms with Gasteiger partial charge < -0.3 is 15.4 Å². The molecule has 0 radical (unpaired) electrons. The molecule has 2 rings (SSSR count). The monoisotopic (exact) mass is 405 g/mol. The van der Waals surface area contributed by atoms with Crippen molar-refractivity contribution in [3.8, 4) is 0 Å². The molecule has 28 heavy (non-hydrogen) atoms. The van der Waals surface area contributed by atoms with Crippen molar-refractivity contribution >= 4 is 46.4 Å². The molecule has 0 heterocycles. The average molecular weight is 406 g/mol. The lowest BCUT2D eigenvalue weighted by atomic mass is 10.2. The molecule has 0 bridgehead atoms. The van der Waals surface area contributed by atoms with Gasteiger partial charge in [-0.25, -0.2) is 0 Å². The summed E-state index contributed by atoms with van der Waals surface area (Å²) in [6, 6.07) is 11.7. The molecule has 0 unspecified atom stereocenters. The Kier molecular flexibility index (Phi) is 7.46. The summed E-state index contributed by atoms with van der Waals surface area (Å²) in [6.45, 7) is -0.481. The fourth-order valence-corrected chi connectivity index (χ4v) is 2.18. The molecule has 0 aromatic heterocycles. The summed E-state index contributed by atoms with van der Waals surface area (Å²) >= 11 is 5.74. The summed E-state index contributed by atoms with van der Waals surface area (Å²) in [5.41, 5.74) is 0.776. The number of carbonyl (C=O) groups is 3. The third kappa shape index (κ3) is 7.04. The van der Waals surface area contributed by atoms with Crippen LogP contribution in [-0.2, 0) is 19.1 Å². The zero-order valence-corrected chi connectivity index (χ0v) is 15.3. The van der Waals surface area contributed by atoms with E-state index >= 15 is 0 Å². The van der Waals surface area contributed by atoms with Crippen LogP contribution in [0.1, 0.15) is 12.8 Å². The molecular formula is C18H16ClN3O6. The highest BCUT2D eigenvalue weighted by Gasteiger charge is 2.12. The minimum atomic E-state index is -0.704. The van der Waals surface area contributed by atoms with Gasteiger partial charge >= 0.3 is 5.97 Å². The first-order valence-corrected chi connectivity index (χ1v) is 8.46. The number of halogens is 1. The molecule has 146 valence electrons. The number of nitro groups is 1. The minimum absolute atomic E-state index is 0.0987. The van der Waals surface area contributed by atoms with Gasteiger partial charge in [0.25, 0.3) is 11.6 Å². The lowest BCUT2D eigenvalue weighted by Gasteiger charge is -2.07. The van der Waals surface area contributed by atoms with Gasteiger partial charge in [0.2, 0.25) is 5.91 Å². The Morgan fingerprint density at radius 3 is 2.00 bits per heavy atom. The van der Waals surface area contributed by atoms with Crippen LogP contribution in [0, 0.1) is 10.1 Å². The van der Waals surface area contributed by atoms with Crippen molar-refractivity contribution in [1.82, 2.24) is 0 Å². The Morgan fingerprint density at radius 2 is 1.43 bits per heavy atom. The van der Waals surface area contributed by atoms with Gasteiger partial charge in [0, 0.05) is 35.0 Å². The SMILES string of the molecule is O=C(CCC(=O)OCC(=O)Nc1ccc(Cl)cc1)Nc1ccc([N+](=O)[O-])cc1. The van der Waals surface area contributed by atoms with Crippen molar-refractivity contribution in [3.63, 3.8) is 0 Å². The molecule has 0 saturated heterocycles. The molecule has 0 fully saturated rings. The van der Waals surface area contributed by atoms with E-state index in [1.807, 2.05) is 0 Å². The second-order valence-electron chi connectivity index (χ2n) is 5.57. The molecular weight excluding hydrogens is 390 g/mol. The van der Waals surface area contributed by atoms with Crippen molar-refractivity contribution in [3.05, 3.63) is 63.7 Å². The molecule has 0 spiro atoms. The second-order valence-corrected chi connectivity index (χ2v) is 6.00. The molecule has 2 aromatic carbocycles. The highest BCUT2D eigenvalue weighted by molar-refractivity contribution is 6.30. The van der Waals surface area contributed by atoms with Gasteiger partial charge in [0.15, 0.2) is 6.61 Å². The summed E-state index contributed by atoms with van der Waals surface area (Å²) < 4.78 is 4.81. The molecule has 2 aromatic rings. The van der Waals surface area contributed by atoms with Gasteiger partial charge in [-0.3, -0.25) is 24.5 Å². The molecule has 0 aliphatic carbocycles. The lowest BCUT2D eigenvalue weighted by Crippen LogP contribution is -2.21. The fourth-order valence-electron chi connectivity index (χ4n) is 2.05. The van der Waals surface area contributed by atoms with E-state index in [-0.39, 0.29) is 18.5 Å². The number of non-ortho nitro benzene ring substituents is 1. The first-order chi connectivity index (χ1) is 13.3. The topological polar surface area (TPSA) is 128 Å². The predicted molar refractivity (Wildman–Crippen MR) is 102 cm³/mol. The van der Waals surface area contributed by atoms with Gasteiger partial charge in [-0.05, 0) is 36.4 Å². The van der Waals surface area contributed by atoms with Crippen molar-refractivity contribution in [2.45, 2.75) is 12.8 Å². The van der Waals surface area contributed by atoms with Crippen LogP contribution < -0.4 is 10.6 Å². The number of anilines is 2. The first kappa shape index (κ1) is 20.8. The normalized spacial score (nSPS) is 10.0. The Bertz CT molecular complexity index is 868. The fraction of sp³-hybridized carbons (Fsp3) is 0.167. The van der Waals surface area contributed by atoms with E-state index in [1.165, 1.54) is 24.3 Å². The Hall–Kier alpha value is -3.46. The molecule has 2 N–H and O–H groups in total. The van der Waals surface area contributed by atoms with Gasteiger partial charge in [0.1, 0.15) is 0 Å². The summed E-state index contributed by atoms with van der Waals surface area (Å²) in [5.74, 6) is -1.69. The number of ether oxygens (including phenoxy) is 1. The molecule has 10 heteroatoms. The Labute approximate surface area is 164 Å². The number of carbonyl (C=O) groups excluding carboxylic acids is 3. The third-order valence-electron chi connectivity index (χ3n) is 3.41. The second kappa shape index (κ2) is 10.0. The number of nitrogens with one attached hydrogen (secondary N) is 2. The lowest BCUT2D eigenvalue weighted by molar-refractivity contribution is -0.384. The number of amides is 2. The quantitative estimate of drug-likeness (QED) is 0.394. The summed E-state index contributed by atoms with van der Waals surface area (Å²) in [7, 11) is 0. The summed E-state index contributed by atoms with van der Waals surface area (Å²) in [4.78, 5) is 45.2. The Morgan fingerprint density at radius 1 is 0.893 bits per heavy atom. The van der Waals surface area contributed by atoms with Crippen molar-refractivity contribution in [2.75, 3.05) is 17.2 Å². The molecule has 0 aliphatic rings. The van der Waals surface area contributed by atoms with Crippen LogP contribution in [0.4, 0.5) is 17.1 Å². The van der Waals surface area contributed by atoms with Gasteiger partial charge in [-0.2, -0.15) is 0 Å². The number of nitro benzene ring substituents is 1. The standard InChI is InChI=1S/C18H16ClN3O6/c19-12-1-3-13(4-2-12)21-17(24)11-28-18(25)10-9-16(23)20-14-5-7-15(8-6-14)22(26)27/h1-8H,9-11H2,(H,20,23)(H,21,24).